The summed E-state index contributed by atoms with van der Waals surface area (Å²) in [6.07, 6.45) is -8.53. The SMILES string of the molecule is CC1=CC(=O)N(CCCCCC(=O)NC(C(=O)N[C@@H](C)C(=O)Nc2ccc(COC(=O)Nc3ncnc4c3ncn4C3OC4COP(=O)(O)OC5C(COP(=O)(O)OC3C4O)OC(n3cnc4c(=O)[nH]c(N)nc43)C5O)cc2)C(C)C)C1=O. The summed E-state index contributed by atoms with van der Waals surface area (Å²) in [5.74, 6) is -2.99. The average molecular weight is 1200 g/mol. The van der Waals surface area contributed by atoms with Gasteiger partial charge in [-0.3, -0.25) is 71.2 Å². The van der Waals surface area contributed by atoms with Crippen LogP contribution in [0.1, 0.15) is 71.4 Å². The minimum atomic E-state index is -5.29. The number of hydrogen-bond acceptors (Lipinski definition) is 24. The molecule has 0 spiro atoms. The number of nitrogens with two attached hydrogens (primary N) is 1. The number of phosphoric acid groups is 2. The lowest BCUT2D eigenvalue weighted by Crippen LogP contribution is -2.53. The van der Waals surface area contributed by atoms with Crippen LogP contribution in [0.5, 0.6) is 0 Å². The summed E-state index contributed by atoms with van der Waals surface area (Å²) in [7, 11) is -10.5. The van der Waals surface area contributed by atoms with Gasteiger partial charge in [-0.25, -0.2) is 33.9 Å². The van der Waals surface area contributed by atoms with E-state index in [1.807, 2.05) is 0 Å². The summed E-state index contributed by atoms with van der Waals surface area (Å²) in [4.78, 5) is 134. The van der Waals surface area contributed by atoms with E-state index in [0.29, 0.717) is 36.1 Å². The van der Waals surface area contributed by atoms with Gasteiger partial charge in [0.05, 0.1) is 25.9 Å². The van der Waals surface area contributed by atoms with E-state index in [1.54, 1.807) is 32.9 Å². The fourth-order valence-electron chi connectivity index (χ4n) is 9.32. The smallest absolute Gasteiger partial charge is 0.444 e. The lowest BCUT2D eigenvalue weighted by atomic mass is 10.0. The number of nitrogens with one attached hydrogen (secondary N) is 5. The number of rotatable bonds is 17. The quantitative estimate of drug-likeness (QED) is 0.0340. The average Bonchev–Trinajstić information content (AvgIpc) is 3.67. The van der Waals surface area contributed by atoms with Crippen LogP contribution < -0.4 is 32.6 Å². The van der Waals surface area contributed by atoms with Crippen molar-refractivity contribution in [2.75, 3.05) is 36.1 Å². The van der Waals surface area contributed by atoms with E-state index < -0.39 is 113 Å². The number of amides is 6. The molecular formula is C47H58N14O20P2. The molecule has 3 saturated heterocycles. The molecule has 8 heterocycles. The summed E-state index contributed by atoms with van der Waals surface area (Å²) >= 11 is 0. The maximum atomic E-state index is 13.6. The molecule has 4 aliphatic heterocycles. The fraction of sp³-hybridized carbons (Fsp3) is 0.489. The van der Waals surface area contributed by atoms with Crippen molar-refractivity contribution in [3.05, 3.63) is 70.8 Å². The third-order valence-corrected chi connectivity index (χ3v) is 15.6. The van der Waals surface area contributed by atoms with Crippen LogP contribution in [0, 0.1) is 5.92 Å². The number of aromatic amines is 1. The fourth-order valence-corrected chi connectivity index (χ4v) is 11.2. The molecule has 11 unspecified atom stereocenters. The number of aromatic nitrogens is 8. The normalized spacial score (nSPS) is 27.3. The van der Waals surface area contributed by atoms with E-state index >= 15 is 0 Å². The Bertz CT molecular complexity index is 3500. The highest BCUT2D eigenvalue weighted by Gasteiger charge is 2.54. The molecule has 11 N–H and O–H groups in total. The summed E-state index contributed by atoms with van der Waals surface area (Å²) in [6, 6.07) is 4.24. The zero-order valence-electron chi connectivity index (χ0n) is 44.5. The highest BCUT2D eigenvalue weighted by Crippen LogP contribution is 2.54. The topological polar surface area (TPSA) is 467 Å². The number of unbranched alkanes of at least 4 members (excludes halogenated alkanes) is 2. The summed E-state index contributed by atoms with van der Waals surface area (Å²) in [5.41, 5.74) is 5.67. The van der Waals surface area contributed by atoms with Gasteiger partial charge in [-0.05, 0) is 50.3 Å². The standard InChI is InChI=1S/C47H58N14O20P2/c1-21(2)30(55-28(62)8-6-5-7-13-59-29(63)14-22(3)43(59)69)41(67)53-23(4)40(66)54-25-11-9-24(10-12-25)15-75-47(70)56-37-31-38(50-18-49-37)60(19-51-31)45-36-33(64)26(78-45)16-76-82(71,72)80-35-27(17-77-83(73,74)81-36)79-44(34(35)65)61-20-52-32-39(61)57-46(48)58-42(32)68/h9-12,14,18-21,23,26-27,30,33-36,44-45,64-65H,5-8,13,15-17H2,1-4H3,(H,53,67)(H,54,66)(H,55,62)(H,71,72)(H,73,74)(H3,48,57,58,68)(H,49,50,56,70)/t23-,26?,27?,30?,33?,34?,35?,36?,44?,45?/m0/s1. The number of aliphatic hydroxyl groups is 2. The summed E-state index contributed by atoms with van der Waals surface area (Å²) in [5, 5.41) is 33.2. The molecule has 0 radical (unpaired) electrons. The van der Waals surface area contributed by atoms with Crippen molar-refractivity contribution < 1.29 is 90.2 Å². The molecule has 1 aromatic carbocycles. The van der Waals surface area contributed by atoms with Crippen molar-refractivity contribution in [2.45, 2.75) is 121 Å². The van der Waals surface area contributed by atoms with Gasteiger partial charge >= 0.3 is 21.7 Å². The molecular weight excluding hydrogens is 1140 g/mol. The molecule has 34 nitrogen and oxygen atoms in total. The number of phosphoric ester groups is 2. The van der Waals surface area contributed by atoms with Gasteiger partial charge < -0.3 is 55.9 Å². The van der Waals surface area contributed by atoms with Gasteiger partial charge in [0.25, 0.3) is 17.4 Å². The molecule has 2 bridgehead atoms. The van der Waals surface area contributed by atoms with Crippen LogP contribution >= 0.6 is 15.6 Å². The maximum Gasteiger partial charge on any atom is 0.472 e. The molecule has 0 saturated carbocycles. The number of nitrogens with zero attached hydrogens (tertiary/aromatic N) is 8. The first-order valence-electron chi connectivity index (χ1n) is 25.7. The summed E-state index contributed by atoms with van der Waals surface area (Å²) in [6.45, 7) is 4.66. The predicted octanol–water partition coefficient (Wildman–Crippen LogP) is 0.285. The molecule has 0 aliphatic carbocycles. The second kappa shape index (κ2) is 24.8. The molecule has 4 aliphatic rings. The number of carbonyl (C=O) groups excluding carboxylic acids is 6. The Morgan fingerprint density at radius 2 is 1.47 bits per heavy atom. The van der Waals surface area contributed by atoms with Gasteiger partial charge in [0, 0.05) is 30.3 Å². The highest BCUT2D eigenvalue weighted by atomic mass is 31.2. The number of fused-ring (bicyclic) bond motifs is 5. The Hall–Kier alpha value is -7.46. The van der Waals surface area contributed by atoms with Crippen LogP contribution in [0.15, 0.2) is 59.7 Å². The van der Waals surface area contributed by atoms with Crippen LogP contribution in [-0.2, 0) is 72.0 Å². The van der Waals surface area contributed by atoms with Crippen LogP contribution in [-0.4, -0.2) is 168 Å². The van der Waals surface area contributed by atoms with Gasteiger partial charge in [-0.1, -0.05) is 32.4 Å². The zero-order chi connectivity index (χ0) is 59.7. The second-order valence-electron chi connectivity index (χ2n) is 19.9. The van der Waals surface area contributed by atoms with Gasteiger partial charge in [0.2, 0.25) is 23.7 Å². The summed E-state index contributed by atoms with van der Waals surface area (Å²) < 4.78 is 67.7. The Morgan fingerprint density at radius 3 is 2.16 bits per heavy atom. The number of anilines is 3. The van der Waals surface area contributed by atoms with Crippen molar-refractivity contribution >= 4 is 91.1 Å². The van der Waals surface area contributed by atoms with Crippen LogP contribution in [0.2, 0.25) is 0 Å². The van der Waals surface area contributed by atoms with Gasteiger partial charge in [-0.2, -0.15) is 4.98 Å². The first kappa shape index (κ1) is 60.1. The van der Waals surface area contributed by atoms with Crippen LogP contribution in [0.3, 0.4) is 0 Å². The molecule has 446 valence electrons. The van der Waals surface area contributed by atoms with Gasteiger partial charge in [0.1, 0.15) is 61.6 Å². The van der Waals surface area contributed by atoms with Crippen molar-refractivity contribution in [2.24, 2.45) is 5.92 Å². The zero-order valence-corrected chi connectivity index (χ0v) is 46.3. The minimum absolute atomic E-state index is 0.0717. The lowest BCUT2D eigenvalue weighted by Gasteiger charge is -2.25. The maximum absolute atomic E-state index is 13.6. The molecule has 9 rings (SSSR count). The van der Waals surface area contributed by atoms with Crippen molar-refractivity contribution in [1.29, 1.82) is 0 Å². The van der Waals surface area contributed by atoms with Crippen LogP contribution in [0.25, 0.3) is 22.3 Å². The first-order chi connectivity index (χ1) is 39.4. The second-order valence-corrected chi connectivity index (χ2v) is 22.8. The number of aliphatic hydroxyl groups excluding tert-OH is 2. The van der Waals surface area contributed by atoms with Gasteiger partial charge in [0.15, 0.2) is 40.6 Å². The largest absolute Gasteiger partial charge is 0.472 e. The third kappa shape index (κ3) is 13.6. The molecule has 5 aromatic rings. The third-order valence-electron chi connectivity index (χ3n) is 13.6. The molecule has 12 atom stereocenters. The Kier molecular flexibility index (Phi) is 18.0. The van der Waals surface area contributed by atoms with Crippen molar-refractivity contribution in [3.63, 3.8) is 0 Å². The molecule has 4 aromatic heterocycles. The monoisotopic (exact) mass is 1200 g/mol. The number of H-pyrrole nitrogens is 1. The van der Waals surface area contributed by atoms with Gasteiger partial charge in [-0.15, -0.1) is 0 Å². The lowest BCUT2D eigenvalue weighted by molar-refractivity contribution is -0.137. The number of imidazole rings is 2. The number of hydrogen-bond donors (Lipinski definition) is 10. The van der Waals surface area contributed by atoms with E-state index in [4.69, 9.17) is 38.0 Å². The molecule has 3 fully saturated rings. The van der Waals surface area contributed by atoms with Crippen molar-refractivity contribution in [3.8, 4) is 0 Å². The Labute approximate surface area is 468 Å². The first-order valence-corrected chi connectivity index (χ1v) is 28.7. The predicted molar refractivity (Wildman–Crippen MR) is 281 cm³/mol. The van der Waals surface area contributed by atoms with E-state index in [1.165, 1.54) is 30.0 Å². The Morgan fingerprint density at radius 1 is 0.807 bits per heavy atom. The molecule has 6 amide bonds. The minimum Gasteiger partial charge on any atom is -0.444 e. The van der Waals surface area contributed by atoms with E-state index in [9.17, 15) is 62.7 Å². The van der Waals surface area contributed by atoms with Crippen LogP contribution in [0.4, 0.5) is 22.2 Å². The van der Waals surface area contributed by atoms with Crippen molar-refractivity contribution in [1.82, 2.24) is 54.6 Å². The number of ether oxygens (including phenoxy) is 3. The Balaban J connectivity index is 0.768. The van der Waals surface area contributed by atoms with E-state index in [2.05, 4.69) is 51.2 Å². The molecule has 83 heavy (non-hydrogen) atoms. The molecule has 36 heteroatoms. The number of benzene rings is 1. The number of imide groups is 1. The van der Waals surface area contributed by atoms with E-state index in [0.717, 1.165) is 28.1 Å². The number of nitrogen functional groups attached to an aromatic ring is 1. The number of carbonyl (C=O) groups is 6. The van der Waals surface area contributed by atoms with E-state index in [-0.39, 0.29) is 77.3 Å². The highest BCUT2D eigenvalue weighted by molar-refractivity contribution is 7.47.